The molecule has 1 aliphatic carbocycles. The second-order valence-corrected chi connectivity index (χ2v) is 5.98. The van der Waals surface area contributed by atoms with Gasteiger partial charge in [0.2, 0.25) is 5.91 Å². The van der Waals surface area contributed by atoms with Crippen LogP contribution in [0, 0.1) is 5.92 Å². The molecule has 0 radical (unpaired) electrons. The third kappa shape index (κ3) is 3.45. The van der Waals surface area contributed by atoms with E-state index in [4.69, 9.17) is 11.6 Å². The van der Waals surface area contributed by atoms with Crippen LogP contribution in [0.2, 0.25) is 5.02 Å². The van der Waals surface area contributed by atoms with Gasteiger partial charge in [-0.15, -0.1) is 0 Å². The molecule has 0 fully saturated rings. The topological polar surface area (TPSA) is 29.1 Å². The summed E-state index contributed by atoms with van der Waals surface area (Å²) < 4.78 is 0. The summed E-state index contributed by atoms with van der Waals surface area (Å²) in [6, 6.07) is 16.1. The molecule has 2 aromatic carbocycles. The number of halogens is 1. The minimum atomic E-state index is 0.0850. The molecule has 2 aromatic rings. The molecule has 1 N–H and O–H groups in total. The summed E-state index contributed by atoms with van der Waals surface area (Å²) in [5, 5.41) is 3.79. The van der Waals surface area contributed by atoms with E-state index in [1.807, 2.05) is 36.4 Å². The first kappa shape index (κ1) is 14.2. The van der Waals surface area contributed by atoms with Crippen molar-refractivity contribution in [3.05, 3.63) is 70.2 Å². The van der Waals surface area contributed by atoms with Crippen LogP contribution in [0.1, 0.15) is 16.7 Å². The van der Waals surface area contributed by atoms with Gasteiger partial charge >= 0.3 is 0 Å². The first-order valence-corrected chi connectivity index (χ1v) is 7.69. The molecule has 0 heterocycles. The van der Waals surface area contributed by atoms with E-state index in [1.54, 1.807) is 0 Å². The van der Waals surface area contributed by atoms with Crippen molar-refractivity contribution in [3.63, 3.8) is 0 Å². The van der Waals surface area contributed by atoms with Crippen molar-refractivity contribution in [3.8, 4) is 0 Å². The van der Waals surface area contributed by atoms with Gasteiger partial charge in [0.1, 0.15) is 0 Å². The van der Waals surface area contributed by atoms with E-state index in [-0.39, 0.29) is 11.8 Å². The van der Waals surface area contributed by atoms with Gasteiger partial charge in [-0.1, -0.05) is 48.0 Å². The summed E-state index contributed by atoms with van der Waals surface area (Å²) in [7, 11) is 0. The Morgan fingerprint density at radius 3 is 2.48 bits per heavy atom. The smallest absolute Gasteiger partial charge is 0.223 e. The van der Waals surface area contributed by atoms with Crippen molar-refractivity contribution in [2.45, 2.75) is 19.3 Å². The zero-order valence-corrected chi connectivity index (χ0v) is 12.6. The van der Waals surface area contributed by atoms with E-state index < -0.39 is 0 Å². The molecule has 0 saturated carbocycles. The fourth-order valence-corrected chi connectivity index (χ4v) is 3.12. The molecular weight excluding hydrogens is 282 g/mol. The predicted molar refractivity (Wildman–Crippen MR) is 85.5 cm³/mol. The quantitative estimate of drug-likeness (QED) is 0.921. The number of nitrogens with one attached hydrogen (secondary N) is 1. The van der Waals surface area contributed by atoms with Crippen LogP contribution < -0.4 is 5.32 Å². The van der Waals surface area contributed by atoms with Gasteiger partial charge in [-0.3, -0.25) is 4.79 Å². The molecule has 0 aliphatic heterocycles. The monoisotopic (exact) mass is 299 g/mol. The summed E-state index contributed by atoms with van der Waals surface area (Å²) in [5.41, 5.74) is 3.78. The van der Waals surface area contributed by atoms with Crippen molar-refractivity contribution < 1.29 is 4.79 Å². The summed E-state index contributed by atoms with van der Waals surface area (Å²) in [4.78, 5) is 12.2. The molecule has 0 aromatic heterocycles. The maximum atomic E-state index is 12.2. The van der Waals surface area contributed by atoms with Crippen LogP contribution in [0.3, 0.4) is 0 Å². The standard InChI is InChI=1S/C18H18ClNO/c19-17-7-3-4-13(10-17)8-9-20-18(21)16-11-14-5-1-2-6-15(14)12-16/h1-7,10,16H,8-9,11-12H2,(H,20,21). The van der Waals surface area contributed by atoms with E-state index >= 15 is 0 Å². The van der Waals surface area contributed by atoms with Crippen LogP contribution in [0.4, 0.5) is 0 Å². The molecule has 0 saturated heterocycles. The van der Waals surface area contributed by atoms with Gasteiger partial charge in [-0.05, 0) is 48.1 Å². The Morgan fingerprint density at radius 1 is 1.10 bits per heavy atom. The minimum Gasteiger partial charge on any atom is -0.356 e. The fourth-order valence-electron chi connectivity index (χ4n) is 2.91. The summed E-state index contributed by atoms with van der Waals surface area (Å²) in [5.74, 6) is 0.245. The lowest BCUT2D eigenvalue weighted by atomic mass is 10.1. The Hall–Kier alpha value is -1.80. The highest BCUT2D eigenvalue weighted by molar-refractivity contribution is 6.30. The fraction of sp³-hybridized carbons (Fsp3) is 0.278. The third-order valence-corrected chi connectivity index (χ3v) is 4.26. The van der Waals surface area contributed by atoms with Gasteiger partial charge in [0, 0.05) is 17.5 Å². The van der Waals surface area contributed by atoms with Crippen molar-refractivity contribution in [1.29, 1.82) is 0 Å². The number of carbonyl (C=O) groups excluding carboxylic acids is 1. The Balaban J connectivity index is 1.50. The number of benzene rings is 2. The van der Waals surface area contributed by atoms with Crippen molar-refractivity contribution >= 4 is 17.5 Å². The van der Waals surface area contributed by atoms with Crippen LogP contribution in [0.15, 0.2) is 48.5 Å². The van der Waals surface area contributed by atoms with Crippen molar-refractivity contribution in [2.75, 3.05) is 6.54 Å². The molecule has 2 nitrogen and oxygen atoms in total. The zero-order chi connectivity index (χ0) is 14.7. The first-order chi connectivity index (χ1) is 10.2. The number of hydrogen-bond acceptors (Lipinski definition) is 1. The van der Waals surface area contributed by atoms with Gasteiger partial charge in [0.05, 0.1) is 0 Å². The Kier molecular flexibility index (Phi) is 4.26. The lowest BCUT2D eigenvalue weighted by molar-refractivity contribution is -0.124. The molecule has 3 rings (SSSR count). The lowest BCUT2D eigenvalue weighted by Gasteiger charge is -2.10. The highest BCUT2D eigenvalue weighted by Gasteiger charge is 2.26. The maximum absolute atomic E-state index is 12.2. The van der Waals surface area contributed by atoms with Crippen molar-refractivity contribution in [2.24, 2.45) is 5.92 Å². The normalized spacial score (nSPS) is 14.0. The highest BCUT2D eigenvalue weighted by Crippen LogP contribution is 2.26. The largest absolute Gasteiger partial charge is 0.356 e. The number of amides is 1. The first-order valence-electron chi connectivity index (χ1n) is 7.31. The Morgan fingerprint density at radius 2 is 1.81 bits per heavy atom. The Bertz CT molecular complexity index is 628. The van der Waals surface area contributed by atoms with Crippen molar-refractivity contribution in [1.82, 2.24) is 5.32 Å². The van der Waals surface area contributed by atoms with E-state index in [9.17, 15) is 4.79 Å². The molecule has 0 spiro atoms. The summed E-state index contributed by atoms with van der Waals surface area (Å²) >= 11 is 5.95. The molecule has 0 bridgehead atoms. The number of fused-ring (bicyclic) bond motifs is 1. The second kappa shape index (κ2) is 6.31. The maximum Gasteiger partial charge on any atom is 0.223 e. The molecule has 0 atom stereocenters. The van der Waals surface area contributed by atoms with Crippen LogP contribution >= 0.6 is 11.6 Å². The minimum absolute atomic E-state index is 0.0850. The van der Waals surface area contributed by atoms with Crippen LogP contribution in [-0.4, -0.2) is 12.5 Å². The average Bonchev–Trinajstić information content (AvgIpc) is 2.91. The highest BCUT2D eigenvalue weighted by atomic mass is 35.5. The summed E-state index contributed by atoms with van der Waals surface area (Å²) in [6.07, 6.45) is 2.53. The van der Waals surface area contributed by atoms with E-state index in [0.717, 1.165) is 29.8 Å². The van der Waals surface area contributed by atoms with Crippen LogP contribution in [-0.2, 0) is 24.1 Å². The van der Waals surface area contributed by atoms with Gasteiger partial charge in [-0.25, -0.2) is 0 Å². The van der Waals surface area contributed by atoms with Crippen LogP contribution in [0.5, 0.6) is 0 Å². The molecule has 1 amide bonds. The van der Waals surface area contributed by atoms with Gasteiger partial charge < -0.3 is 5.32 Å². The van der Waals surface area contributed by atoms with E-state index in [0.29, 0.717) is 6.54 Å². The molecule has 0 unspecified atom stereocenters. The molecule has 3 heteroatoms. The van der Waals surface area contributed by atoms with Gasteiger partial charge in [0.15, 0.2) is 0 Å². The molecular formula is C18H18ClNO. The Labute approximate surface area is 130 Å². The predicted octanol–water partition coefficient (Wildman–Crippen LogP) is 3.41. The average molecular weight is 300 g/mol. The third-order valence-electron chi connectivity index (χ3n) is 4.02. The molecule has 21 heavy (non-hydrogen) atoms. The number of rotatable bonds is 4. The van der Waals surface area contributed by atoms with Crippen LogP contribution in [0.25, 0.3) is 0 Å². The number of hydrogen-bond donors (Lipinski definition) is 1. The SMILES string of the molecule is O=C(NCCc1cccc(Cl)c1)C1Cc2ccccc2C1. The van der Waals surface area contributed by atoms with E-state index in [2.05, 4.69) is 17.4 Å². The lowest BCUT2D eigenvalue weighted by Crippen LogP contribution is -2.32. The second-order valence-electron chi connectivity index (χ2n) is 5.54. The zero-order valence-electron chi connectivity index (χ0n) is 11.8. The number of carbonyl (C=O) groups is 1. The summed E-state index contributed by atoms with van der Waals surface area (Å²) in [6.45, 7) is 0.659. The van der Waals surface area contributed by atoms with Gasteiger partial charge in [-0.2, -0.15) is 0 Å². The molecule has 1 aliphatic rings. The van der Waals surface area contributed by atoms with Gasteiger partial charge in [0.25, 0.3) is 0 Å². The van der Waals surface area contributed by atoms with E-state index in [1.165, 1.54) is 11.1 Å². The molecule has 108 valence electrons.